The Labute approximate surface area is 134 Å². The maximum absolute atomic E-state index is 12.1. The normalized spacial score (nSPS) is 11.2. The first-order chi connectivity index (χ1) is 10.0. The minimum absolute atomic E-state index is 0.0531. The Morgan fingerprint density at radius 1 is 1.19 bits per heavy atom. The van der Waals surface area contributed by atoms with Crippen LogP contribution in [-0.4, -0.2) is 17.0 Å². The fraction of sp³-hybridized carbons (Fsp3) is 0. The van der Waals surface area contributed by atoms with Crippen LogP contribution < -0.4 is 11.1 Å². The lowest BCUT2D eigenvalue weighted by Gasteiger charge is -2.09. The molecule has 0 aromatic heterocycles. The molecule has 0 unspecified atom stereocenters. The molecule has 0 saturated heterocycles. The summed E-state index contributed by atoms with van der Waals surface area (Å²) >= 11 is 9.38. The number of nitrogens with one attached hydrogen (secondary N) is 1. The number of carbonyl (C=O) groups is 1. The number of hydrogen-bond donors (Lipinski definition) is 3. The number of hydrogen-bond acceptors (Lipinski definition) is 3. The van der Waals surface area contributed by atoms with E-state index in [0.717, 1.165) is 4.47 Å². The van der Waals surface area contributed by atoms with E-state index in [-0.39, 0.29) is 11.7 Å². The third-order valence-electron chi connectivity index (χ3n) is 2.73. The van der Waals surface area contributed by atoms with Crippen molar-refractivity contribution in [2.24, 2.45) is 10.9 Å². The smallest absolute Gasteiger partial charge is 0.255 e. The molecule has 2 rings (SSSR count). The SMILES string of the molecule is N/C(=N/O)c1ccc(NC(=O)c2ccc(Br)cc2)c(Cl)c1. The fourth-order valence-corrected chi connectivity index (χ4v) is 2.12. The van der Waals surface area contributed by atoms with E-state index in [1.165, 1.54) is 6.07 Å². The third-order valence-corrected chi connectivity index (χ3v) is 3.57. The molecule has 2 aromatic carbocycles. The van der Waals surface area contributed by atoms with Gasteiger partial charge in [-0.25, -0.2) is 0 Å². The van der Waals surface area contributed by atoms with E-state index in [2.05, 4.69) is 26.4 Å². The number of halogens is 2. The van der Waals surface area contributed by atoms with Crippen LogP contribution in [0.5, 0.6) is 0 Å². The van der Waals surface area contributed by atoms with Crippen molar-refractivity contribution in [3.63, 3.8) is 0 Å². The van der Waals surface area contributed by atoms with Crippen LogP contribution in [0.2, 0.25) is 5.02 Å². The lowest BCUT2D eigenvalue weighted by atomic mass is 10.1. The zero-order valence-corrected chi connectivity index (χ0v) is 13.0. The van der Waals surface area contributed by atoms with Crippen molar-refractivity contribution < 1.29 is 10.0 Å². The zero-order valence-electron chi connectivity index (χ0n) is 10.7. The van der Waals surface area contributed by atoms with E-state index < -0.39 is 0 Å². The molecule has 0 aliphatic rings. The van der Waals surface area contributed by atoms with Crippen LogP contribution in [-0.2, 0) is 0 Å². The summed E-state index contributed by atoms with van der Waals surface area (Å²) in [4.78, 5) is 12.1. The first-order valence-electron chi connectivity index (χ1n) is 5.85. The molecule has 0 aliphatic heterocycles. The molecule has 0 spiro atoms. The molecule has 0 bridgehead atoms. The predicted molar refractivity (Wildman–Crippen MR) is 86.1 cm³/mol. The van der Waals surface area contributed by atoms with Crippen molar-refractivity contribution in [3.8, 4) is 0 Å². The van der Waals surface area contributed by atoms with Gasteiger partial charge in [0.2, 0.25) is 0 Å². The van der Waals surface area contributed by atoms with Gasteiger partial charge in [0, 0.05) is 15.6 Å². The molecule has 2 aromatic rings. The van der Waals surface area contributed by atoms with Gasteiger partial charge in [0.25, 0.3) is 5.91 Å². The average molecular weight is 369 g/mol. The van der Waals surface area contributed by atoms with Gasteiger partial charge in [-0.1, -0.05) is 32.7 Å². The van der Waals surface area contributed by atoms with E-state index >= 15 is 0 Å². The van der Waals surface area contributed by atoms with Crippen LogP contribution in [0, 0.1) is 0 Å². The van der Waals surface area contributed by atoms with Gasteiger partial charge in [0.05, 0.1) is 10.7 Å². The summed E-state index contributed by atoms with van der Waals surface area (Å²) in [5.41, 5.74) is 6.88. The standard InChI is InChI=1S/C14H11BrClN3O2/c15-10-4-1-8(2-5-10)14(20)18-12-6-3-9(7-11(12)16)13(17)19-21/h1-7,21H,(H2,17,19)(H,18,20). The molecule has 0 aliphatic carbocycles. The molecule has 5 nitrogen and oxygen atoms in total. The summed E-state index contributed by atoms with van der Waals surface area (Å²) < 4.78 is 0.889. The summed E-state index contributed by atoms with van der Waals surface area (Å²) in [7, 11) is 0. The lowest BCUT2D eigenvalue weighted by Crippen LogP contribution is -2.15. The maximum atomic E-state index is 12.1. The first-order valence-corrected chi connectivity index (χ1v) is 7.02. The number of amidine groups is 1. The van der Waals surface area contributed by atoms with Crippen molar-refractivity contribution in [1.82, 2.24) is 0 Å². The van der Waals surface area contributed by atoms with Crippen molar-refractivity contribution in [1.29, 1.82) is 0 Å². The number of nitrogens with two attached hydrogens (primary N) is 1. The number of nitrogens with zero attached hydrogens (tertiary/aromatic N) is 1. The van der Waals surface area contributed by atoms with Crippen LogP contribution in [0.25, 0.3) is 0 Å². The fourth-order valence-electron chi connectivity index (χ4n) is 1.63. The zero-order chi connectivity index (χ0) is 15.4. The van der Waals surface area contributed by atoms with Gasteiger partial charge in [0.15, 0.2) is 5.84 Å². The highest BCUT2D eigenvalue weighted by atomic mass is 79.9. The van der Waals surface area contributed by atoms with Gasteiger partial charge in [-0.15, -0.1) is 0 Å². The number of oxime groups is 1. The molecule has 21 heavy (non-hydrogen) atoms. The second-order valence-corrected chi connectivity index (χ2v) is 5.46. The molecule has 7 heteroatoms. The molecule has 0 saturated carbocycles. The van der Waals surface area contributed by atoms with Crippen molar-refractivity contribution in [3.05, 3.63) is 63.1 Å². The molecule has 108 valence electrons. The quantitative estimate of drug-likeness (QED) is 0.335. The first kappa shape index (κ1) is 15.3. The van der Waals surface area contributed by atoms with Crippen LogP contribution in [0.1, 0.15) is 15.9 Å². The minimum Gasteiger partial charge on any atom is -0.409 e. The van der Waals surface area contributed by atoms with Gasteiger partial charge >= 0.3 is 0 Å². The highest BCUT2D eigenvalue weighted by molar-refractivity contribution is 9.10. The number of rotatable bonds is 3. The molecule has 0 atom stereocenters. The van der Waals surface area contributed by atoms with Gasteiger partial charge < -0.3 is 16.3 Å². The van der Waals surface area contributed by atoms with Crippen molar-refractivity contribution in [2.45, 2.75) is 0 Å². The van der Waals surface area contributed by atoms with Gasteiger partial charge in [-0.05, 0) is 42.5 Å². The molecule has 0 heterocycles. The Morgan fingerprint density at radius 3 is 2.38 bits per heavy atom. The summed E-state index contributed by atoms with van der Waals surface area (Å²) in [5, 5.41) is 14.5. The molecule has 0 radical (unpaired) electrons. The van der Waals surface area contributed by atoms with Crippen molar-refractivity contribution >= 4 is 45.0 Å². The topological polar surface area (TPSA) is 87.7 Å². The Bertz CT molecular complexity index is 702. The summed E-state index contributed by atoms with van der Waals surface area (Å²) in [6.07, 6.45) is 0. The van der Waals surface area contributed by atoms with Crippen LogP contribution >= 0.6 is 27.5 Å². The van der Waals surface area contributed by atoms with Gasteiger partial charge in [-0.2, -0.15) is 0 Å². The van der Waals surface area contributed by atoms with E-state index in [1.807, 2.05) is 0 Å². The monoisotopic (exact) mass is 367 g/mol. The largest absolute Gasteiger partial charge is 0.409 e. The minimum atomic E-state index is -0.277. The predicted octanol–water partition coefficient (Wildman–Crippen LogP) is 3.45. The summed E-state index contributed by atoms with van der Waals surface area (Å²) in [5.74, 6) is -0.330. The van der Waals surface area contributed by atoms with E-state index in [4.69, 9.17) is 22.5 Å². The lowest BCUT2D eigenvalue weighted by molar-refractivity contribution is 0.102. The molecular formula is C14H11BrClN3O2. The average Bonchev–Trinajstić information content (AvgIpc) is 2.49. The third kappa shape index (κ3) is 3.74. The van der Waals surface area contributed by atoms with Crippen LogP contribution in [0.15, 0.2) is 52.1 Å². The number of carbonyl (C=O) groups excluding carboxylic acids is 1. The molecule has 4 N–H and O–H groups in total. The highest BCUT2D eigenvalue weighted by Gasteiger charge is 2.10. The van der Waals surface area contributed by atoms with E-state index in [9.17, 15) is 4.79 Å². The molecule has 0 fully saturated rings. The highest BCUT2D eigenvalue weighted by Crippen LogP contribution is 2.24. The Hall–Kier alpha value is -2.05. The maximum Gasteiger partial charge on any atom is 0.255 e. The Kier molecular flexibility index (Phi) is 4.82. The van der Waals surface area contributed by atoms with Crippen molar-refractivity contribution in [2.75, 3.05) is 5.32 Å². The Balaban J connectivity index is 2.20. The second kappa shape index (κ2) is 6.60. The number of benzene rings is 2. The van der Waals surface area contributed by atoms with Gasteiger partial charge in [-0.3, -0.25) is 4.79 Å². The van der Waals surface area contributed by atoms with Crippen LogP contribution in [0.3, 0.4) is 0 Å². The van der Waals surface area contributed by atoms with Gasteiger partial charge in [0.1, 0.15) is 0 Å². The molecule has 1 amide bonds. The molecular weight excluding hydrogens is 358 g/mol. The number of amides is 1. The van der Waals surface area contributed by atoms with Crippen LogP contribution in [0.4, 0.5) is 5.69 Å². The summed E-state index contributed by atoms with van der Waals surface area (Å²) in [6.45, 7) is 0. The van der Waals surface area contributed by atoms with E-state index in [0.29, 0.717) is 21.8 Å². The summed E-state index contributed by atoms with van der Waals surface area (Å²) in [6, 6.07) is 11.6. The Morgan fingerprint density at radius 2 is 1.81 bits per heavy atom. The van der Waals surface area contributed by atoms with E-state index in [1.54, 1.807) is 36.4 Å². The number of anilines is 1. The second-order valence-electron chi connectivity index (χ2n) is 4.14.